The van der Waals surface area contributed by atoms with E-state index < -0.39 is 10.7 Å². The fourth-order valence-corrected chi connectivity index (χ4v) is 2.36. The number of hydrogen-bond donors (Lipinski definition) is 1. The molecule has 2 rings (SSSR count). The average molecular weight is 308 g/mol. The quantitative estimate of drug-likeness (QED) is 0.490. The van der Waals surface area contributed by atoms with Gasteiger partial charge in [-0.25, -0.2) is 0 Å². The topological polar surface area (TPSA) is 89.8 Å². The van der Waals surface area contributed by atoms with Gasteiger partial charge in [-0.15, -0.1) is 0 Å². The number of rotatable bonds is 5. The predicted octanol–water partition coefficient (Wildman–Crippen LogP) is 0.860. The van der Waals surface area contributed by atoms with Gasteiger partial charge in [-0.1, -0.05) is 6.07 Å². The summed E-state index contributed by atoms with van der Waals surface area (Å²) in [5.41, 5.74) is 1.87. The van der Waals surface area contributed by atoms with Gasteiger partial charge >= 0.3 is 0 Å². The molecule has 0 amide bonds. The second kappa shape index (κ2) is 6.71. The molecule has 1 aromatic heterocycles. The van der Waals surface area contributed by atoms with Crippen LogP contribution in [0.1, 0.15) is 11.3 Å². The SMILES string of the molecule is COC1(OC)CN/C(=C\[N+](=O)[O-])N(Cc2ncccc2C)C1. The Morgan fingerprint density at radius 1 is 1.55 bits per heavy atom. The number of nitro groups is 1. The Morgan fingerprint density at radius 2 is 2.27 bits per heavy atom. The van der Waals surface area contributed by atoms with E-state index in [1.54, 1.807) is 25.3 Å². The van der Waals surface area contributed by atoms with Crippen LogP contribution in [-0.2, 0) is 16.0 Å². The van der Waals surface area contributed by atoms with Crippen LogP contribution in [0.2, 0.25) is 0 Å². The van der Waals surface area contributed by atoms with E-state index in [-0.39, 0.29) is 0 Å². The summed E-state index contributed by atoms with van der Waals surface area (Å²) in [4.78, 5) is 16.5. The smallest absolute Gasteiger partial charge is 0.274 e. The summed E-state index contributed by atoms with van der Waals surface area (Å²) in [6.07, 6.45) is 2.66. The van der Waals surface area contributed by atoms with Crippen molar-refractivity contribution in [2.45, 2.75) is 19.3 Å². The first-order valence-corrected chi connectivity index (χ1v) is 6.84. The van der Waals surface area contributed by atoms with Crippen LogP contribution in [0.25, 0.3) is 0 Å². The highest BCUT2D eigenvalue weighted by Gasteiger charge is 2.38. The van der Waals surface area contributed by atoms with Crippen molar-refractivity contribution in [3.8, 4) is 0 Å². The Bertz CT molecular complexity index is 572. The van der Waals surface area contributed by atoms with Crippen LogP contribution in [-0.4, -0.2) is 47.9 Å². The van der Waals surface area contributed by atoms with E-state index in [0.29, 0.717) is 25.5 Å². The average Bonchev–Trinajstić information content (AvgIpc) is 2.51. The number of nitrogens with one attached hydrogen (secondary N) is 1. The second-order valence-electron chi connectivity index (χ2n) is 5.10. The normalized spacial score (nSPS) is 19.0. The zero-order chi connectivity index (χ0) is 16.2. The van der Waals surface area contributed by atoms with Crippen molar-refractivity contribution < 1.29 is 14.4 Å². The van der Waals surface area contributed by atoms with Crippen molar-refractivity contribution in [2.24, 2.45) is 0 Å². The zero-order valence-electron chi connectivity index (χ0n) is 12.9. The number of nitrogens with zero attached hydrogens (tertiary/aromatic N) is 3. The van der Waals surface area contributed by atoms with E-state index in [1.165, 1.54) is 0 Å². The summed E-state index contributed by atoms with van der Waals surface area (Å²) in [5.74, 6) is -0.434. The van der Waals surface area contributed by atoms with Crippen molar-refractivity contribution in [1.82, 2.24) is 15.2 Å². The van der Waals surface area contributed by atoms with Gasteiger partial charge in [-0.3, -0.25) is 15.1 Å². The second-order valence-corrected chi connectivity index (χ2v) is 5.10. The number of hydrogen-bond acceptors (Lipinski definition) is 7. The monoisotopic (exact) mass is 308 g/mol. The molecular weight excluding hydrogens is 288 g/mol. The fraction of sp³-hybridized carbons (Fsp3) is 0.500. The summed E-state index contributed by atoms with van der Waals surface area (Å²) in [7, 11) is 3.11. The van der Waals surface area contributed by atoms with E-state index in [2.05, 4.69) is 10.3 Å². The van der Waals surface area contributed by atoms with E-state index in [0.717, 1.165) is 17.5 Å². The van der Waals surface area contributed by atoms with Gasteiger partial charge in [0.2, 0.25) is 5.79 Å². The van der Waals surface area contributed by atoms with Gasteiger partial charge < -0.3 is 19.7 Å². The fourth-order valence-electron chi connectivity index (χ4n) is 2.36. The highest BCUT2D eigenvalue weighted by molar-refractivity contribution is 5.19. The van der Waals surface area contributed by atoms with E-state index in [4.69, 9.17) is 9.47 Å². The molecule has 22 heavy (non-hydrogen) atoms. The Labute approximate surface area is 128 Å². The lowest BCUT2D eigenvalue weighted by molar-refractivity contribution is -0.405. The minimum atomic E-state index is -0.851. The molecule has 8 nitrogen and oxygen atoms in total. The molecule has 0 bridgehead atoms. The molecule has 1 aliphatic heterocycles. The van der Waals surface area contributed by atoms with Crippen molar-refractivity contribution in [3.63, 3.8) is 0 Å². The van der Waals surface area contributed by atoms with Crippen LogP contribution in [0.15, 0.2) is 30.4 Å². The highest BCUT2D eigenvalue weighted by Crippen LogP contribution is 2.23. The summed E-state index contributed by atoms with van der Waals surface area (Å²) >= 11 is 0. The number of ether oxygens (including phenoxy) is 2. The predicted molar refractivity (Wildman–Crippen MR) is 79.2 cm³/mol. The molecule has 2 heterocycles. The third-order valence-corrected chi connectivity index (χ3v) is 3.74. The molecule has 0 radical (unpaired) electrons. The first-order chi connectivity index (χ1) is 10.5. The Hall–Kier alpha value is -2.19. The van der Waals surface area contributed by atoms with Crippen LogP contribution in [0.4, 0.5) is 0 Å². The van der Waals surface area contributed by atoms with Gasteiger partial charge in [0.15, 0.2) is 5.82 Å². The molecule has 1 saturated heterocycles. The maximum absolute atomic E-state index is 10.8. The molecule has 8 heteroatoms. The van der Waals surface area contributed by atoms with E-state index in [9.17, 15) is 10.1 Å². The standard InChI is InChI=1S/C14H20N4O4/c1-11-5-4-6-15-12(11)7-17-10-14(21-2,22-3)9-16-13(17)8-18(19)20/h4-6,8,16H,7,9-10H2,1-3H3/b13-8+. The molecule has 120 valence electrons. The molecule has 0 aliphatic carbocycles. The van der Waals surface area contributed by atoms with Gasteiger partial charge in [0, 0.05) is 20.4 Å². The van der Waals surface area contributed by atoms with E-state index >= 15 is 0 Å². The lowest BCUT2D eigenvalue weighted by atomic mass is 10.1. The summed E-state index contributed by atoms with van der Waals surface area (Å²) in [6.45, 7) is 3.07. The van der Waals surface area contributed by atoms with Gasteiger partial charge in [0.25, 0.3) is 6.20 Å². The number of methoxy groups -OCH3 is 2. The van der Waals surface area contributed by atoms with Crippen LogP contribution in [0.3, 0.4) is 0 Å². The lowest BCUT2D eigenvalue weighted by Crippen LogP contribution is -2.58. The van der Waals surface area contributed by atoms with Gasteiger partial charge in [0.1, 0.15) is 0 Å². The lowest BCUT2D eigenvalue weighted by Gasteiger charge is -2.42. The maximum atomic E-state index is 10.8. The number of aryl methyl sites for hydroxylation is 1. The number of pyridine rings is 1. The minimum absolute atomic E-state index is 0.331. The van der Waals surface area contributed by atoms with Crippen molar-refractivity contribution >= 4 is 0 Å². The summed E-state index contributed by atoms with van der Waals surface area (Å²) < 4.78 is 10.9. The first-order valence-electron chi connectivity index (χ1n) is 6.84. The van der Waals surface area contributed by atoms with Gasteiger partial charge in [-0.05, 0) is 18.6 Å². The molecular formula is C14H20N4O4. The molecule has 0 spiro atoms. The molecule has 1 fully saturated rings. The largest absolute Gasteiger partial charge is 0.361 e. The Morgan fingerprint density at radius 3 is 2.86 bits per heavy atom. The Balaban J connectivity index is 2.28. The van der Waals surface area contributed by atoms with Crippen molar-refractivity contribution in [3.05, 3.63) is 51.7 Å². The molecule has 0 unspecified atom stereocenters. The van der Waals surface area contributed by atoms with Crippen LogP contribution < -0.4 is 5.32 Å². The maximum Gasteiger partial charge on any atom is 0.274 e. The van der Waals surface area contributed by atoms with Crippen molar-refractivity contribution in [2.75, 3.05) is 27.3 Å². The van der Waals surface area contributed by atoms with Gasteiger partial charge in [-0.2, -0.15) is 0 Å². The number of aromatic nitrogens is 1. The zero-order valence-corrected chi connectivity index (χ0v) is 12.9. The Kier molecular flexibility index (Phi) is 4.94. The molecule has 0 atom stereocenters. The molecule has 0 aromatic carbocycles. The molecule has 1 aliphatic rings. The molecule has 1 N–H and O–H groups in total. The molecule has 0 saturated carbocycles. The highest BCUT2D eigenvalue weighted by atomic mass is 16.7. The van der Waals surface area contributed by atoms with Crippen molar-refractivity contribution in [1.29, 1.82) is 0 Å². The van der Waals surface area contributed by atoms with Crippen LogP contribution in [0.5, 0.6) is 0 Å². The first kappa shape index (κ1) is 16.2. The summed E-state index contributed by atoms with van der Waals surface area (Å²) in [5, 5.41) is 13.8. The third-order valence-electron chi connectivity index (χ3n) is 3.74. The molecule has 1 aromatic rings. The van der Waals surface area contributed by atoms with Crippen LogP contribution in [0, 0.1) is 17.0 Å². The third kappa shape index (κ3) is 3.52. The summed E-state index contributed by atoms with van der Waals surface area (Å²) in [6, 6.07) is 3.81. The van der Waals surface area contributed by atoms with E-state index in [1.807, 2.05) is 19.1 Å². The van der Waals surface area contributed by atoms with Crippen LogP contribution >= 0.6 is 0 Å². The minimum Gasteiger partial charge on any atom is -0.361 e. The van der Waals surface area contributed by atoms with Gasteiger partial charge in [0.05, 0.1) is 30.3 Å².